The lowest BCUT2D eigenvalue weighted by Gasteiger charge is -2.24. The Kier molecular flexibility index (Phi) is 5.15. The molecular formula is C26H24FN3O2. The third-order valence-electron chi connectivity index (χ3n) is 6.99. The van der Waals surface area contributed by atoms with Crippen molar-refractivity contribution in [2.75, 3.05) is 5.32 Å². The standard InChI is InChI=1S/C26H24FN3O2/c1-2-16-3-6-24(29-15-16)30-25(31)14-26(32)12-18-9-17(10-19(18)13-26)21-7-8-28-23-5-4-20(27)11-22(21)23/h1,3-8,11,15,17-19,32H,9-10,12-14H2,(H,29,30,31)/t17?,18-,19+,26?. The lowest BCUT2D eigenvalue weighted by molar-refractivity contribution is -0.121. The van der Waals surface area contributed by atoms with E-state index >= 15 is 0 Å². The van der Waals surface area contributed by atoms with Crippen LogP contribution in [0.25, 0.3) is 10.9 Å². The van der Waals surface area contributed by atoms with Gasteiger partial charge in [-0.1, -0.05) is 5.92 Å². The summed E-state index contributed by atoms with van der Waals surface area (Å²) >= 11 is 0. The van der Waals surface area contributed by atoms with Gasteiger partial charge in [-0.05, 0) is 85.4 Å². The Bertz CT molecular complexity index is 1200. The number of nitrogens with zero attached hydrogens (tertiary/aromatic N) is 2. The molecule has 3 aromatic rings. The van der Waals surface area contributed by atoms with Crippen LogP contribution in [0, 0.1) is 30.0 Å². The number of halogens is 1. The molecule has 0 spiro atoms. The van der Waals surface area contributed by atoms with Crippen LogP contribution < -0.4 is 5.32 Å². The summed E-state index contributed by atoms with van der Waals surface area (Å²) < 4.78 is 13.8. The normalized spacial score (nSPS) is 26.6. The van der Waals surface area contributed by atoms with Crippen molar-refractivity contribution in [3.63, 3.8) is 0 Å². The van der Waals surface area contributed by atoms with Gasteiger partial charge in [-0.3, -0.25) is 9.78 Å². The van der Waals surface area contributed by atoms with Crippen molar-refractivity contribution in [1.29, 1.82) is 0 Å². The molecule has 32 heavy (non-hydrogen) atoms. The Balaban J connectivity index is 1.24. The summed E-state index contributed by atoms with van der Waals surface area (Å²) in [7, 11) is 0. The second kappa shape index (κ2) is 7.99. The molecule has 4 atom stereocenters. The molecule has 0 aliphatic heterocycles. The molecule has 2 aromatic heterocycles. The number of aliphatic hydroxyl groups is 1. The third kappa shape index (κ3) is 3.96. The lowest BCUT2D eigenvalue weighted by Crippen LogP contribution is -2.32. The van der Waals surface area contributed by atoms with E-state index in [0.29, 0.717) is 42.0 Å². The topological polar surface area (TPSA) is 75.1 Å². The number of aromatic nitrogens is 2. The minimum absolute atomic E-state index is 0.0482. The molecule has 5 rings (SSSR count). The van der Waals surface area contributed by atoms with Crippen molar-refractivity contribution in [3.8, 4) is 12.3 Å². The van der Waals surface area contributed by atoms with Crippen molar-refractivity contribution in [1.82, 2.24) is 9.97 Å². The number of hydrogen-bond acceptors (Lipinski definition) is 4. The number of hydrogen-bond donors (Lipinski definition) is 2. The maximum absolute atomic E-state index is 13.8. The van der Waals surface area contributed by atoms with Gasteiger partial charge in [0.1, 0.15) is 11.6 Å². The van der Waals surface area contributed by atoms with Gasteiger partial charge in [0.05, 0.1) is 17.5 Å². The van der Waals surface area contributed by atoms with Gasteiger partial charge in [-0.25, -0.2) is 9.37 Å². The van der Waals surface area contributed by atoms with Gasteiger partial charge < -0.3 is 10.4 Å². The summed E-state index contributed by atoms with van der Waals surface area (Å²) in [6.07, 6.45) is 11.7. The van der Waals surface area contributed by atoms with E-state index in [0.717, 1.165) is 29.3 Å². The molecule has 2 fully saturated rings. The smallest absolute Gasteiger partial charge is 0.228 e. The molecule has 0 saturated heterocycles. The first kappa shape index (κ1) is 20.6. The highest BCUT2D eigenvalue weighted by molar-refractivity contribution is 5.90. The first-order valence-corrected chi connectivity index (χ1v) is 10.9. The van der Waals surface area contributed by atoms with E-state index in [-0.39, 0.29) is 18.1 Å². The number of fused-ring (bicyclic) bond motifs is 2. The highest BCUT2D eigenvalue weighted by Gasteiger charge is 2.49. The monoisotopic (exact) mass is 429 g/mol. The van der Waals surface area contributed by atoms with Gasteiger partial charge in [-0.2, -0.15) is 0 Å². The summed E-state index contributed by atoms with van der Waals surface area (Å²) in [6, 6.07) is 10.1. The number of carbonyl (C=O) groups excluding carboxylic acids is 1. The minimum Gasteiger partial charge on any atom is -0.389 e. The highest BCUT2D eigenvalue weighted by Crippen LogP contribution is 2.55. The summed E-state index contributed by atoms with van der Waals surface area (Å²) in [5, 5.41) is 14.7. The van der Waals surface area contributed by atoms with E-state index in [1.807, 2.05) is 6.07 Å². The number of anilines is 1. The van der Waals surface area contributed by atoms with Gasteiger partial charge in [0, 0.05) is 23.3 Å². The molecule has 1 amide bonds. The molecule has 1 aromatic carbocycles. The number of nitrogens with one attached hydrogen (secondary N) is 1. The van der Waals surface area contributed by atoms with Crippen LogP contribution in [0.2, 0.25) is 0 Å². The maximum Gasteiger partial charge on any atom is 0.228 e. The average Bonchev–Trinajstić information content (AvgIpc) is 3.28. The maximum atomic E-state index is 13.8. The first-order chi connectivity index (χ1) is 15.4. The molecule has 0 bridgehead atoms. The predicted octanol–water partition coefficient (Wildman–Crippen LogP) is 4.41. The van der Waals surface area contributed by atoms with E-state index in [1.165, 1.54) is 12.3 Å². The first-order valence-electron chi connectivity index (χ1n) is 10.9. The molecule has 6 heteroatoms. The molecule has 0 radical (unpaired) electrons. The average molecular weight is 429 g/mol. The Morgan fingerprint density at radius 2 is 1.97 bits per heavy atom. The Labute approximate surface area is 186 Å². The van der Waals surface area contributed by atoms with Crippen LogP contribution in [0.4, 0.5) is 10.2 Å². The second-order valence-corrected chi connectivity index (χ2v) is 9.18. The van der Waals surface area contributed by atoms with Gasteiger partial charge in [0.15, 0.2) is 0 Å². The third-order valence-corrected chi connectivity index (χ3v) is 6.99. The van der Waals surface area contributed by atoms with E-state index in [2.05, 4.69) is 21.2 Å². The number of terminal acetylenes is 1. The van der Waals surface area contributed by atoms with E-state index in [4.69, 9.17) is 6.42 Å². The molecule has 162 valence electrons. The molecule has 5 nitrogen and oxygen atoms in total. The predicted molar refractivity (Wildman–Crippen MR) is 120 cm³/mol. The SMILES string of the molecule is C#Cc1ccc(NC(=O)CC2(O)C[C@H]3CC(c4ccnc5ccc(F)cc45)C[C@H]3C2)nc1. The minimum atomic E-state index is -1.00. The molecular weight excluding hydrogens is 405 g/mol. The number of rotatable bonds is 4. The van der Waals surface area contributed by atoms with Crippen LogP contribution in [0.1, 0.15) is 49.1 Å². The molecule has 2 heterocycles. The Hall–Kier alpha value is -3.30. The van der Waals surface area contributed by atoms with Crippen LogP contribution in [-0.4, -0.2) is 26.6 Å². The number of amides is 1. The second-order valence-electron chi connectivity index (χ2n) is 9.18. The van der Waals surface area contributed by atoms with Gasteiger partial charge in [-0.15, -0.1) is 6.42 Å². The lowest BCUT2D eigenvalue weighted by atomic mass is 9.87. The molecule has 2 unspecified atom stereocenters. The van der Waals surface area contributed by atoms with Crippen molar-refractivity contribution < 1.29 is 14.3 Å². The zero-order chi connectivity index (χ0) is 22.3. The van der Waals surface area contributed by atoms with Crippen molar-refractivity contribution in [3.05, 3.63) is 65.7 Å². The van der Waals surface area contributed by atoms with Crippen molar-refractivity contribution in [2.24, 2.45) is 11.8 Å². The summed E-state index contributed by atoms with van der Waals surface area (Å²) in [5.41, 5.74) is 1.57. The largest absolute Gasteiger partial charge is 0.389 e. The fourth-order valence-electron chi connectivity index (χ4n) is 5.70. The van der Waals surface area contributed by atoms with Gasteiger partial charge in [0.2, 0.25) is 5.91 Å². The zero-order valence-electron chi connectivity index (χ0n) is 17.6. The number of carbonyl (C=O) groups is 1. The molecule has 2 aliphatic rings. The molecule has 2 N–H and O–H groups in total. The number of pyridine rings is 2. The molecule has 2 aliphatic carbocycles. The van der Waals surface area contributed by atoms with Crippen LogP contribution in [0.15, 0.2) is 48.8 Å². The van der Waals surface area contributed by atoms with Crippen molar-refractivity contribution >= 4 is 22.6 Å². The van der Waals surface area contributed by atoms with Gasteiger partial charge in [0.25, 0.3) is 0 Å². The fourth-order valence-corrected chi connectivity index (χ4v) is 5.70. The highest BCUT2D eigenvalue weighted by atomic mass is 19.1. The summed E-state index contributed by atoms with van der Waals surface area (Å²) in [5.74, 6) is 3.42. The Morgan fingerprint density at radius 3 is 2.66 bits per heavy atom. The molecule has 2 saturated carbocycles. The van der Waals surface area contributed by atoms with Crippen LogP contribution in [0.3, 0.4) is 0 Å². The van der Waals surface area contributed by atoms with E-state index in [9.17, 15) is 14.3 Å². The van der Waals surface area contributed by atoms with Crippen LogP contribution in [0.5, 0.6) is 0 Å². The Morgan fingerprint density at radius 1 is 1.19 bits per heavy atom. The zero-order valence-corrected chi connectivity index (χ0v) is 17.6. The van der Waals surface area contributed by atoms with Gasteiger partial charge >= 0.3 is 0 Å². The van der Waals surface area contributed by atoms with E-state index in [1.54, 1.807) is 30.5 Å². The summed E-state index contributed by atoms with van der Waals surface area (Å²) in [6.45, 7) is 0. The van der Waals surface area contributed by atoms with Crippen LogP contribution in [-0.2, 0) is 4.79 Å². The summed E-state index contributed by atoms with van der Waals surface area (Å²) in [4.78, 5) is 21.0. The number of benzene rings is 1. The fraction of sp³-hybridized carbons (Fsp3) is 0.346. The van der Waals surface area contributed by atoms with Crippen LogP contribution >= 0.6 is 0 Å². The van der Waals surface area contributed by atoms with E-state index < -0.39 is 5.60 Å². The quantitative estimate of drug-likeness (QED) is 0.603. The van der Waals surface area contributed by atoms with Crippen molar-refractivity contribution in [2.45, 2.75) is 43.6 Å².